The Labute approximate surface area is 83.7 Å². The lowest BCUT2D eigenvalue weighted by molar-refractivity contribution is 0.111. The summed E-state index contributed by atoms with van der Waals surface area (Å²) in [5, 5.41) is 11.3. The van der Waals surface area contributed by atoms with Gasteiger partial charge in [0.1, 0.15) is 5.69 Å². The van der Waals surface area contributed by atoms with Gasteiger partial charge < -0.3 is 0 Å². The Bertz CT molecular complexity index is 448. The number of nitrogens with zero attached hydrogens (tertiary/aromatic N) is 5. The fraction of sp³-hybridized carbons (Fsp3) is 0.286. The van der Waals surface area contributed by atoms with Crippen molar-refractivity contribution in [2.75, 3.05) is 0 Å². The van der Waals surface area contributed by atoms with Gasteiger partial charge in [0.2, 0.25) is 0 Å². The highest BCUT2D eigenvalue weighted by atomic mass is 32.1. The first-order valence-electron chi connectivity index (χ1n) is 3.92. The maximum atomic E-state index is 10.4. The van der Waals surface area contributed by atoms with Crippen molar-refractivity contribution in [1.82, 2.24) is 24.6 Å². The summed E-state index contributed by atoms with van der Waals surface area (Å²) < 4.78 is 5.39. The summed E-state index contributed by atoms with van der Waals surface area (Å²) in [4.78, 5) is 11.4. The summed E-state index contributed by atoms with van der Waals surface area (Å²) >= 11 is 1.32. The van der Waals surface area contributed by atoms with Crippen molar-refractivity contribution in [3.05, 3.63) is 22.5 Å². The molecule has 6 nitrogen and oxygen atoms in total. The minimum absolute atomic E-state index is 0.333. The fourth-order valence-electron chi connectivity index (χ4n) is 0.988. The van der Waals surface area contributed by atoms with Gasteiger partial charge in [-0.2, -0.15) is 0 Å². The molecule has 0 spiro atoms. The minimum Gasteiger partial charge on any atom is -0.296 e. The quantitative estimate of drug-likeness (QED) is 0.680. The number of carbonyl (C=O) groups is 1. The van der Waals surface area contributed by atoms with Crippen LogP contribution in [0.2, 0.25) is 0 Å². The van der Waals surface area contributed by atoms with E-state index in [-0.39, 0.29) is 0 Å². The first kappa shape index (κ1) is 8.95. The zero-order chi connectivity index (χ0) is 9.97. The molecule has 0 aliphatic heterocycles. The average molecular weight is 209 g/mol. The van der Waals surface area contributed by atoms with Gasteiger partial charge in [-0.15, -0.1) is 10.2 Å². The summed E-state index contributed by atoms with van der Waals surface area (Å²) in [6.45, 7) is 2.45. The van der Waals surface area contributed by atoms with Crippen molar-refractivity contribution in [1.29, 1.82) is 0 Å². The van der Waals surface area contributed by atoms with E-state index in [1.165, 1.54) is 11.5 Å². The largest absolute Gasteiger partial charge is 0.296 e. The Morgan fingerprint density at radius 2 is 2.43 bits per heavy atom. The van der Waals surface area contributed by atoms with Gasteiger partial charge in [-0.05, 0) is 18.5 Å². The molecule has 0 fully saturated rings. The first-order chi connectivity index (χ1) is 6.79. The van der Waals surface area contributed by atoms with E-state index in [4.69, 9.17) is 0 Å². The van der Waals surface area contributed by atoms with Crippen molar-refractivity contribution in [2.24, 2.45) is 0 Å². The zero-order valence-electron chi connectivity index (χ0n) is 7.41. The molecule has 7 heteroatoms. The van der Waals surface area contributed by atoms with Gasteiger partial charge in [0, 0.05) is 0 Å². The monoisotopic (exact) mass is 209 g/mol. The number of aldehydes is 1. The number of rotatable bonds is 3. The Kier molecular flexibility index (Phi) is 2.32. The van der Waals surface area contributed by atoms with Gasteiger partial charge >= 0.3 is 0 Å². The van der Waals surface area contributed by atoms with E-state index in [2.05, 4.69) is 19.9 Å². The molecule has 14 heavy (non-hydrogen) atoms. The summed E-state index contributed by atoms with van der Waals surface area (Å²) in [5.74, 6) is 0. The van der Waals surface area contributed by atoms with E-state index in [9.17, 15) is 4.79 Å². The highest BCUT2D eigenvalue weighted by Gasteiger charge is 2.05. The third kappa shape index (κ3) is 1.67. The smallest absolute Gasteiger partial charge is 0.171 e. The molecule has 0 aliphatic rings. The molecule has 0 saturated carbocycles. The molecule has 0 aromatic carbocycles. The topological polar surface area (TPSA) is 73.6 Å². The Balaban J connectivity index is 2.18. The van der Waals surface area contributed by atoms with Crippen molar-refractivity contribution in [2.45, 2.75) is 13.5 Å². The summed E-state index contributed by atoms with van der Waals surface area (Å²) in [7, 11) is 0. The SMILES string of the molecule is Cc1nnsc1Cn1cc(C=O)nn1. The van der Waals surface area contributed by atoms with Gasteiger partial charge in [-0.3, -0.25) is 4.79 Å². The maximum Gasteiger partial charge on any atom is 0.171 e. The molecule has 0 aliphatic carbocycles. The molecule has 0 atom stereocenters. The van der Waals surface area contributed by atoms with Crippen LogP contribution in [-0.2, 0) is 6.54 Å². The average Bonchev–Trinajstić information content (AvgIpc) is 2.77. The fourth-order valence-corrected chi connectivity index (χ4v) is 1.61. The van der Waals surface area contributed by atoms with E-state index >= 15 is 0 Å². The third-order valence-corrected chi connectivity index (χ3v) is 2.54. The second-order valence-corrected chi connectivity index (χ2v) is 3.58. The first-order valence-corrected chi connectivity index (χ1v) is 4.70. The molecule has 2 rings (SSSR count). The van der Waals surface area contributed by atoms with Crippen LogP contribution in [-0.4, -0.2) is 30.9 Å². The van der Waals surface area contributed by atoms with Gasteiger partial charge in [0.05, 0.1) is 23.3 Å². The molecule has 0 radical (unpaired) electrons. The van der Waals surface area contributed by atoms with Gasteiger partial charge in [0.25, 0.3) is 0 Å². The van der Waals surface area contributed by atoms with E-state index in [0.29, 0.717) is 18.5 Å². The molecular weight excluding hydrogens is 202 g/mol. The summed E-state index contributed by atoms with van der Waals surface area (Å²) in [6.07, 6.45) is 2.26. The van der Waals surface area contributed by atoms with Gasteiger partial charge in [-0.1, -0.05) is 9.70 Å². The van der Waals surface area contributed by atoms with Crippen LogP contribution in [0.15, 0.2) is 6.20 Å². The van der Waals surface area contributed by atoms with Gasteiger partial charge in [0.15, 0.2) is 6.29 Å². The predicted octanol–water partition coefficient (Wildman–Crippen LogP) is 0.299. The lowest BCUT2D eigenvalue weighted by atomic mass is 10.4. The van der Waals surface area contributed by atoms with Crippen LogP contribution in [0, 0.1) is 6.92 Å². The van der Waals surface area contributed by atoms with Crippen LogP contribution < -0.4 is 0 Å². The Morgan fingerprint density at radius 1 is 1.57 bits per heavy atom. The molecule has 2 heterocycles. The van der Waals surface area contributed by atoms with Crippen molar-refractivity contribution < 1.29 is 4.79 Å². The standard InChI is InChI=1S/C7H7N5OS/c1-5-7(14-11-8-5)3-12-2-6(4-13)9-10-12/h2,4H,3H2,1H3. The van der Waals surface area contributed by atoms with Crippen molar-refractivity contribution in [3.8, 4) is 0 Å². The summed E-state index contributed by atoms with van der Waals surface area (Å²) in [5.41, 5.74) is 1.22. The van der Waals surface area contributed by atoms with E-state index in [1.54, 1.807) is 10.9 Å². The van der Waals surface area contributed by atoms with Crippen LogP contribution in [0.5, 0.6) is 0 Å². The molecule has 0 N–H and O–H groups in total. The van der Waals surface area contributed by atoms with Crippen LogP contribution in [0.1, 0.15) is 21.1 Å². The number of carbonyl (C=O) groups excluding carboxylic acids is 1. The second-order valence-electron chi connectivity index (χ2n) is 2.74. The highest BCUT2D eigenvalue weighted by molar-refractivity contribution is 7.05. The Hall–Kier alpha value is -1.63. The molecule has 0 bridgehead atoms. The van der Waals surface area contributed by atoms with Crippen LogP contribution >= 0.6 is 11.5 Å². The predicted molar refractivity (Wildman–Crippen MR) is 49.2 cm³/mol. The number of hydrogen-bond donors (Lipinski definition) is 0. The minimum atomic E-state index is 0.333. The molecule has 0 saturated heterocycles. The number of aromatic nitrogens is 5. The van der Waals surface area contributed by atoms with Crippen molar-refractivity contribution in [3.63, 3.8) is 0 Å². The maximum absolute atomic E-state index is 10.4. The van der Waals surface area contributed by atoms with E-state index < -0.39 is 0 Å². The van der Waals surface area contributed by atoms with Crippen molar-refractivity contribution >= 4 is 17.8 Å². The van der Waals surface area contributed by atoms with E-state index in [0.717, 1.165) is 10.6 Å². The lowest BCUT2D eigenvalue weighted by Gasteiger charge is -1.95. The number of hydrogen-bond acceptors (Lipinski definition) is 6. The van der Waals surface area contributed by atoms with Crippen LogP contribution in [0.25, 0.3) is 0 Å². The number of aryl methyl sites for hydroxylation is 1. The summed E-state index contributed by atoms with van der Waals surface area (Å²) in [6, 6.07) is 0. The van der Waals surface area contributed by atoms with Gasteiger partial charge in [-0.25, -0.2) is 4.68 Å². The molecule has 0 unspecified atom stereocenters. The highest BCUT2D eigenvalue weighted by Crippen LogP contribution is 2.10. The molecular formula is C7H7N5OS. The van der Waals surface area contributed by atoms with Crippen LogP contribution in [0.3, 0.4) is 0 Å². The molecule has 2 aromatic rings. The normalized spacial score (nSPS) is 10.4. The molecule has 72 valence electrons. The Morgan fingerprint density at radius 3 is 3.00 bits per heavy atom. The molecule has 0 amide bonds. The second kappa shape index (κ2) is 3.62. The molecule has 2 aromatic heterocycles. The van der Waals surface area contributed by atoms with Crippen LogP contribution in [0.4, 0.5) is 0 Å². The lowest BCUT2D eigenvalue weighted by Crippen LogP contribution is -1.99. The third-order valence-electron chi connectivity index (χ3n) is 1.73. The van der Waals surface area contributed by atoms with E-state index in [1.807, 2.05) is 6.92 Å². The zero-order valence-corrected chi connectivity index (χ0v) is 8.23.